The van der Waals surface area contributed by atoms with Crippen molar-refractivity contribution in [3.63, 3.8) is 0 Å². The number of aliphatic hydroxyl groups is 2. The first-order valence-electron chi connectivity index (χ1n) is 16.7. The summed E-state index contributed by atoms with van der Waals surface area (Å²) >= 11 is 0. The summed E-state index contributed by atoms with van der Waals surface area (Å²) in [5, 5.41) is 22.7. The van der Waals surface area contributed by atoms with E-state index in [0.717, 1.165) is 70.6 Å². The van der Waals surface area contributed by atoms with E-state index in [9.17, 15) is 15.0 Å². The predicted octanol–water partition coefficient (Wildman–Crippen LogP) is 9.61. The molecule has 0 rings (SSSR count). The molecule has 0 radical (unpaired) electrons. The fourth-order valence-electron chi connectivity index (χ4n) is 4.38. The summed E-state index contributed by atoms with van der Waals surface area (Å²) in [7, 11) is 0. The largest absolute Gasteiger partial charge is 0.394 e. The zero-order valence-electron chi connectivity index (χ0n) is 26.5. The number of unbranched alkanes of at least 4 members (excludes halogenated alkanes) is 11. The number of allylic oxidation sites excluding steroid dienone is 11. The molecule has 0 saturated heterocycles. The molecule has 2 atom stereocenters. The van der Waals surface area contributed by atoms with Crippen LogP contribution in [0.15, 0.2) is 72.9 Å². The van der Waals surface area contributed by atoms with Gasteiger partial charge in [0.2, 0.25) is 5.91 Å². The van der Waals surface area contributed by atoms with Gasteiger partial charge in [-0.3, -0.25) is 4.79 Å². The molecule has 0 aliphatic rings. The minimum atomic E-state index is -0.847. The minimum absolute atomic E-state index is 0.0915. The topological polar surface area (TPSA) is 69.6 Å². The average molecular weight is 570 g/mol. The van der Waals surface area contributed by atoms with Crippen molar-refractivity contribution in [2.45, 2.75) is 148 Å². The Balaban J connectivity index is 3.72. The smallest absolute Gasteiger partial charge is 0.220 e. The van der Waals surface area contributed by atoms with Gasteiger partial charge >= 0.3 is 0 Å². The normalized spacial score (nSPS) is 14.1. The molecule has 0 saturated carbocycles. The highest BCUT2D eigenvalue weighted by Crippen LogP contribution is 2.10. The monoisotopic (exact) mass is 569 g/mol. The average Bonchev–Trinajstić information content (AvgIpc) is 2.97. The molecule has 1 amide bonds. The van der Waals surface area contributed by atoms with Gasteiger partial charge in [-0.1, -0.05) is 138 Å². The van der Waals surface area contributed by atoms with Crippen LogP contribution in [0.2, 0.25) is 0 Å². The van der Waals surface area contributed by atoms with E-state index >= 15 is 0 Å². The zero-order chi connectivity index (χ0) is 30.1. The lowest BCUT2D eigenvalue weighted by molar-refractivity contribution is -0.123. The van der Waals surface area contributed by atoms with Gasteiger partial charge in [0.25, 0.3) is 0 Å². The van der Waals surface area contributed by atoms with Crippen LogP contribution in [0, 0.1) is 0 Å². The minimum Gasteiger partial charge on any atom is -0.394 e. The lowest BCUT2D eigenvalue weighted by atomic mass is 10.1. The first-order chi connectivity index (χ1) is 20.2. The molecule has 4 nitrogen and oxygen atoms in total. The van der Waals surface area contributed by atoms with Crippen molar-refractivity contribution in [1.29, 1.82) is 0 Å². The lowest BCUT2D eigenvalue weighted by Crippen LogP contribution is -2.45. The summed E-state index contributed by atoms with van der Waals surface area (Å²) in [5.74, 6) is -0.0915. The maximum Gasteiger partial charge on any atom is 0.220 e. The molecule has 0 bridgehead atoms. The van der Waals surface area contributed by atoms with Gasteiger partial charge in [-0.2, -0.15) is 0 Å². The first kappa shape index (κ1) is 38.8. The van der Waals surface area contributed by atoms with Gasteiger partial charge in [0.05, 0.1) is 18.8 Å². The summed E-state index contributed by atoms with van der Waals surface area (Å²) in [6, 6.07) is -0.633. The maximum absolute atomic E-state index is 12.2. The van der Waals surface area contributed by atoms with Crippen molar-refractivity contribution in [3.8, 4) is 0 Å². The highest BCUT2D eigenvalue weighted by atomic mass is 16.3. The molecule has 0 fully saturated rings. The Morgan fingerprint density at radius 1 is 0.610 bits per heavy atom. The number of carbonyl (C=O) groups excluding carboxylic acids is 1. The summed E-state index contributed by atoms with van der Waals surface area (Å²) in [6.07, 6.45) is 45.5. The van der Waals surface area contributed by atoms with Crippen molar-refractivity contribution in [2.24, 2.45) is 0 Å². The number of rotatable bonds is 28. The molecule has 0 aliphatic heterocycles. The molecule has 0 aromatic rings. The maximum atomic E-state index is 12.2. The van der Waals surface area contributed by atoms with E-state index in [1.54, 1.807) is 6.08 Å². The summed E-state index contributed by atoms with van der Waals surface area (Å²) in [6.45, 7) is 4.12. The molecule has 0 aromatic heterocycles. The van der Waals surface area contributed by atoms with Gasteiger partial charge in [-0.15, -0.1) is 0 Å². The number of nitrogens with one attached hydrogen (secondary N) is 1. The van der Waals surface area contributed by atoms with Crippen LogP contribution in [0.4, 0.5) is 0 Å². The molecular weight excluding hydrogens is 506 g/mol. The van der Waals surface area contributed by atoms with Crippen LogP contribution in [0.5, 0.6) is 0 Å². The van der Waals surface area contributed by atoms with Crippen molar-refractivity contribution in [3.05, 3.63) is 72.9 Å². The predicted molar refractivity (Wildman–Crippen MR) is 179 cm³/mol. The molecule has 3 N–H and O–H groups in total. The van der Waals surface area contributed by atoms with E-state index in [0.29, 0.717) is 6.42 Å². The lowest BCUT2D eigenvalue weighted by Gasteiger charge is -2.20. The standard InChI is InChI=1S/C37H63NO3/c1-3-5-7-9-11-13-14-15-16-17-18-19-20-21-22-23-24-25-27-29-31-33-37(41)38-35(34-39)36(40)32-30-28-26-12-10-8-6-4-2/h5,7,11,13,15-16,18-19,21-22,30,32,35-36,39-40H,3-4,6,8-10,12,14,17,20,23-29,31,33-34H2,1-2H3,(H,38,41)/b7-5-,13-11-,16-15-,19-18-,22-21-,32-30+. The molecule has 0 aliphatic carbocycles. The summed E-state index contributed by atoms with van der Waals surface area (Å²) < 4.78 is 0. The molecule has 0 aromatic carbocycles. The second-order valence-electron chi connectivity index (χ2n) is 10.8. The third-order valence-electron chi connectivity index (χ3n) is 6.95. The molecule has 41 heavy (non-hydrogen) atoms. The van der Waals surface area contributed by atoms with Gasteiger partial charge in [0.15, 0.2) is 0 Å². The number of hydrogen-bond donors (Lipinski definition) is 3. The molecule has 0 spiro atoms. The molecule has 234 valence electrons. The fourth-order valence-corrected chi connectivity index (χ4v) is 4.38. The van der Waals surface area contributed by atoms with Crippen molar-refractivity contribution >= 4 is 5.91 Å². The van der Waals surface area contributed by atoms with E-state index < -0.39 is 12.1 Å². The van der Waals surface area contributed by atoms with Crippen LogP contribution in [0.3, 0.4) is 0 Å². The number of carbonyl (C=O) groups is 1. The van der Waals surface area contributed by atoms with Gasteiger partial charge in [-0.05, 0) is 64.2 Å². The van der Waals surface area contributed by atoms with Crippen LogP contribution in [0.1, 0.15) is 136 Å². The van der Waals surface area contributed by atoms with E-state index in [2.05, 4.69) is 79.9 Å². The summed E-state index contributed by atoms with van der Waals surface area (Å²) in [4.78, 5) is 12.2. The van der Waals surface area contributed by atoms with Gasteiger partial charge in [0.1, 0.15) is 0 Å². The number of hydrogen-bond acceptors (Lipinski definition) is 3. The van der Waals surface area contributed by atoms with Crippen molar-refractivity contribution in [2.75, 3.05) is 6.61 Å². The van der Waals surface area contributed by atoms with Gasteiger partial charge in [-0.25, -0.2) is 0 Å². The van der Waals surface area contributed by atoms with Gasteiger partial charge < -0.3 is 15.5 Å². The SMILES string of the molecule is CC/C=C\C/C=C\C/C=C\C/C=C\C/C=C\CCCCCCCC(=O)NC(CO)C(O)/C=C/CCCCCCCC. The van der Waals surface area contributed by atoms with E-state index in [1.165, 1.54) is 44.9 Å². The number of amides is 1. The molecular formula is C37H63NO3. The molecule has 0 heterocycles. The Morgan fingerprint density at radius 2 is 1.07 bits per heavy atom. The summed E-state index contributed by atoms with van der Waals surface area (Å²) in [5.41, 5.74) is 0. The third kappa shape index (κ3) is 29.1. The highest BCUT2D eigenvalue weighted by Gasteiger charge is 2.17. The Hall–Kier alpha value is -2.17. The van der Waals surface area contributed by atoms with E-state index in [-0.39, 0.29) is 12.5 Å². The Morgan fingerprint density at radius 3 is 1.61 bits per heavy atom. The Labute approximate surface area is 253 Å². The second kappa shape index (κ2) is 32.3. The molecule has 4 heteroatoms. The molecule has 2 unspecified atom stereocenters. The van der Waals surface area contributed by atoms with Crippen molar-refractivity contribution < 1.29 is 15.0 Å². The van der Waals surface area contributed by atoms with Crippen LogP contribution < -0.4 is 5.32 Å². The first-order valence-corrected chi connectivity index (χ1v) is 16.7. The van der Waals surface area contributed by atoms with E-state index in [1.807, 2.05) is 6.08 Å². The number of aliphatic hydroxyl groups excluding tert-OH is 2. The highest BCUT2D eigenvalue weighted by molar-refractivity contribution is 5.76. The van der Waals surface area contributed by atoms with Gasteiger partial charge in [0, 0.05) is 6.42 Å². The Kier molecular flexibility index (Phi) is 30.6. The Bertz CT molecular complexity index is 747. The fraction of sp³-hybridized carbons (Fsp3) is 0.649. The van der Waals surface area contributed by atoms with E-state index in [4.69, 9.17) is 0 Å². The van der Waals surface area contributed by atoms with Crippen LogP contribution in [-0.2, 0) is 4.79 Å². The van der Waals surface area contributed by atoms with Crippen LogP contribution in [-0.4, -0.2) is 34.9 Å². The van der Waals surface area contributed by atoms with Crippen molar-refractivity contribution in [1.82, 2.24) is 5.32 Å². The van der Waals surface area contributed by atoms with Crippen LogP contribution in [0.25, 0.3) is 0 Å². The second-order valence-corrected chi connectivity index (χ2v) is 10.8. The third-order valence-corrected chi connectivity index (χ3v) is 6.95. The van der Waals surface area contributed by atoms with Crippen LogP contribution >= 0.6 is 0 Å². The quantitative estimate of drug-likeness (QED) is 0.0649. The zero-order valence-corrected chi connectivity index (χ0v) is 26.5.